The molecule has 0 bridgehead atoms. The fourth-order valence-electron chi connectivity index (χ4n) is 2.98. The van der Waals surface area contributed by atoms with Gasteiger partial charge in [0, 0.05) is 11.6 Å². The SMILES string of the molecule is CCCCCCCCCCCc1cc2ncccc2cc1O. The van der Waals surface area contributed by atoms with Crippen molar-refractivity contribution in [2.45, 2.75) is 71.1 Å². The third-order valence-electron chi connectivity index (χ3n) is 4.35. The van der Waals surface area contributed by atoms with Crippen molar-refractivity contribution in [3.8, 4) is 5.75 Å². The molecule has 0 amide bonds. The van der Waals surface area contributed by atoms with Crippen molar-refractivity contribution >= 4 is 10.9 Å². The van der Waals surface area contributed by atoms with Gasteiger partial charge in [0.25, 0.3) is 0 Å². The molecule has 120 valence electrons. The molecule has 2 aromatic rings. The van der Waals surface area contributed by atoms with E-state index in [4.69, 9.17) is 0 Å². The highest BCUT2D eigenvalue weighted by Crippen LogP contribution is 2.25. The van der Waals surface area contributed by atoms with Crippen LogP contribution in [0.1, 0.15) is 70.3 Å². The van der Waals surface area contributed by atoms with E-state index in [1.54, 1.807) is 0 Å². The molecule has 0 spiro atoms. The smallest absolute Gasteiger partial charge is 0.119 e. The van der Waals surface area contributed by atoms with Crippen LogP contribution in [0.15, 0.2) is 30.5 Å². The fourth-order valence-corrected chi connectivity index (χ4v) is 2.98. The molecule has 0 aliphatic carbocycles. The van der Waals surface area contributed by atoms with Crippen molar-refractivity contribution < 1.29 is 5.11 Å². The summed E-state index contributed by atoms with van der Waals surface area (Å²) >= 11 is 0. The summed E-state index contributed by atoms with van der Waals surface area (Å²) in [6.45, 7) is 2.26. The standard InChI is InChI=1S/C20H29NO/c1-2-3-4-5-6-7-8-9-10-12-18-15-19-17(16-20(18)22)13-11-14-21-19/h11,13-16,22H,2-10,12H2,1H3. The average molecular weight is 299 g/mol. The Morgan fingerprint density at radius 1 is 0.909 bits per heavy atom. The Morgan fingerprint density at radius 2 is 1.59 bits per heavy atom. The lowest BCUT2D eigenvalue weighted by Gasteiger charge is -2.07. The third kappa shape index (κ3) is 5.32. The van der Waals surface area contributed by atoms with Crippen LogP contribution in [0.25, 0.3) is 10.9 Å². The lowest BCUT2D eigenvalue weighted by Crippen LogP contribution is -1.89. The van der Waals surface area contributed by atoms with Gasteiger partial charge in [0.15, 0.2) is 0 Å². The highest BCUT2D eigenvalue weighted by atomic mass is 16.3. The number of aromatic nitrogens is 1. The molecule has 2 heteroatoms. The van der Waals surface area contributed by atoms with Gasteiger partial charge in [0.2, 0.25) is 0 Å². The van der Waals surface area contributed by atoms with Gasteiger partial charge in [-0.05, 0) is 36.6 Å². The Bertz CT molecular complexity index is 565. The topological polar surface area (TPSA) is 33.1 Å². The summed E-state index contributed by atoms with van der Waals surface area (Å²) < 4.78 is 0. The maximum atomic E-state index is 10.1. The zero-order chi connectivity index (χ0) is 15.6. The van der Waals surface area contributed by atoms with E-state index >= 15 is 0 Å². The zero-order valence-corrected chi connectivity index (χ0v) is 13.9. The second kappa shape index (κ2) is 9.45. The van der Waals surface area contributed by atoms with Crippen LogP contribution in [0.4, 0.5) is 0 Å². The molecule has 0 aliphatic heterocycles. The minimum atomic E-state index is 0.417. The van der Waals surface area contributed by atoms with E-state index in [2.05, 4.69) is 11.9 Å². The van der Waals surface area contributed by atoms with Gasteiger partial charge in [0.05, 0.1) is 5.52 Å². The number of hydrogen-bond donors (Lipinski definition) is 1. The lowest BCUT2D eigenvalue weighted by molar-refractivity contribution is 0.466. The van der Waals surface area contributed by atoms with Crippen LogP contribution in [-0.2, 0) is 6.42 Å². The van der Waals surface area contributed by atoms with Gasteiger partial charge in [-0.1, -0.05) is 64.4 Å². The predicted octanol–water partition coefficient (Wildman–Crippen LogP) is 6.01. The van der Waals surface area contributed by atoms with Crippen molar-refractivity contribution in [3.63, 3.8) is 0 Å². The average Bonchev–Trinajstić information content (AvgIpc) is 2.53. The Morgan fingerprint density at radius 3 is 2.32 bits per heavy atom. The summed E-state index contributed by atoms with van der Waals surface area (Å²) in [6, 6.07) is 7.77. The number of benzene rings is 1. The summed E-state index contributed by atoms with van der Waals surface area (Å²) in [6.07, 6.45) is 14.7. The molecule has 0 radical (unpaired) electrons. The second-order valence-corrected chi connectivity index (χ2v) is 6.26. The number of rotatable bonds is 10. The Balaban J connectivity index is 1.68. The first-order valence-electron chi connectivity index (χ1n) is 8.88. The highest BCUT2D eigenvalue weighted by molar-refractivity contribution is 5.81. The number of phenolic OH excluding ortho intramolecular Hbond substituents is 1. The molecular formula is C20H29NO. The number of nitrogens with zero attached hydrogens (tertiary/aromatic N) is 1. The molecule has 1 aromatic carbocycles. The largest absolute Gasteiger partial charge is 0.508 e. The van der Waals surface area contributed by atoms with Crippen LogP contribution in [0.3, 0.4) is 0 Å². The first-order valence-corrected chi connectivity index (χ1v) is 8.88. The molecule has 0 atom stereocenters. The second-order valence-electron chi connectivity index (χ2n) is 6.26. The lowest BCUT2D eigenvalue weighted by atomic mass is 10.0. The predicted molar refractivity (Wildman–Crippen MR) is 94.3 cm³/mol. The quantitative estimate of drug-likeness (QED) is 0.545. The molecule has 0 saturated heterocycles. The van der Waals surface area contributed by atoms with Crippen LogP contribution in [0.2, 0.25) is 0 Å². The van der Waals surface area contributed by atoms with Crippen LogP contribution in [0.5, 0.6) is 5.75 Å². The van der Waals surface area contributed by atoms with Crippen LogP contribution in [0, 0.1) is 0 Å². The van der Waals surface area contributed by atoms with E-state index in [1.807, 2.05) is 30.5 Å². The third-order valence-corrected chi connectivity index (χ3v) is 4.35. The van der Waals surface area contributed by atoms with Gasteiger partial charge < -0.3 is 5.11 Å². The summed E-state index contributed by atoms with van der Waals surface area (Å²) in [5.74, 6) is 0.417. The molecule has 1 heterocycles. The van der Waals surface area contributed by atoms with Gasteiger partial charge >= 0.3 is 0 Å². The van der Waals surface area contributed by atoms with E-state index in [1.165, 1.54) is 51.4 Å². The van der Waals surface area contributed by atoms with Crippen LogP contribution in [-0.4, -0.2) is 10.1 Å². The molecule has 1 N–H and O–H groups in total. The van der Waals surface area contributed by atoms with Crippen LogP contribution < -0.4 is 0 Å². The Hall–Kier alpha value is -1.57. The Labute approximate surface area is 134 Å². The minimum Gasteiger partial charge on any atom is -0.508 e. The Kier molecular flexibility index (Phi) is 7.21. The van der Waals surface area contributed by atoms with Gasteiger partial charge in [-0.15, -0.1) is 0 Å². The molecule has 2 nitrogen and oxygen atoms in total. The van der Waals surface area contributed by atoms with Gasteiger partial charge in [-0.25, -0.2) is 0 Å². The summed E-state index contributed by atoms with van der Waals surface area (Å²) in [7, 11) is 0. The summed E-state index contributed by atoms with van der Waals surface area (Å²) in [5, 5.41) is 11.1. The van der Waals surface area contributed by atoms with Crippen molar-refractivity contribution in [3.05, 3.63) is 36.0 Å². The molecule has 1 aromatic heterocycles. The molecule has 2 rings (SSSR count). The van der Waals surface area contributed by atoms with Crippen molar-refractivity contribution in [1.82, 2.24) is 4.98 Å². The molecule has 0 aliphatic rings. The van der Waals surface area contributed by atoms with E-state index < -0.39 is 0 Å². The number of aryl methyl sites for hydroxylation is 1. The maximum Gasteiger partial charge on any atom is 0.119 e. The number of hydrogen-bond acceptors (Lipinski definition) is 2. The van der Waals surface area contributed by atoms with E-state index in [0.29, 0.717) is 5.75 Å². The normalized spacial score (nSPS) is 11.1. The molecule has 22 heavy (non-hydrogen) atoms. The number of aromatic hydroxyl groups is 1. The zero-order valence-electron chi connectivity index (χ0n) is 13.9. The molecular weight excluding hydrogens is 270 g/mol. The monoisotopic (exact) mass is 299 g/mol. The van der Waals surface area contributed by atoms with Gasteiger partial charge in [-0.3, -0.25) is 4.98 Å². The molecule has 0 unspecified atom stereocenters. The summed E-state index contributed by atoms with van der Waals surface area (Å²) in [5.41, 5.74) is 2.01. The van der Waals surface area contributed by atoms with E-state index in [9.17, 15) is 5.11 Å². The van der Waals surface area contributed by atoms with E-state index in [0.717, 1.165) is 29.3 Å². The van der Waals surface area contributed by atoms with Crippen molar-refractivity contribution in [1.29, 1.82) is 0 Å². The first-order chi connectivity index (χ1) is 10.8. The van der Waals surface area contributed by atoms with E-state index in [-0.39, 0.29) is 0 Å². The molecule has 0 saturated carbocycles. The van der Waals surface area contributed by atoms with Gasteiger partial charge in [0.1, 0.15) is 5.75 Å². The van der Waals surface area contributed by atoms with Crippen molar-refractivity contribution in [2.75, 3.05) is 0 Å². The number of fused-ring (bicyclic) bond motifs is 1. The number of pyridine rings is 1. The van der Waals surface area contributed by atoms with Gasteiger partial charge in [-0.2, -0.15) is 0 Å². The fraction of sp³-hybridized carbons (Fsp3) is 0.550. The highest BCUT2D eigenvalue weighted by Gasteiger charge is 2.04. The first kappa shape index (κ1) is 16.8. The maximum absolute atomic E-state index is 10.1. The minimum absolute atomic E-state index is 0.417. The van der Waals surface area contributed by atoms with Crippen molar-refractivity contribution in [2.24, 2.45) is 0 Å². The number of phenols is 1. The number of unbranched alkanes of at least 4 members (excludes halogenated alkanes) is 8. The molecule has 0 fully saturated rings. The van der Waals surface area contributed by atoms with Crippen LogP contribution >= 0.6 is 0 Å². The summed E-state index contributed by atoms with van der Waals surface area (Å²) in [4.78, 5) is 4.37.